The quantitative estimate of drug-likeness (QED) is 0.496. The summed E-state index contributed by atoms with van der Waals surface area (Å²) in [6.45, 7) is 0. The molecule has 0 fully saturated rings. The smallest absolute Gasteiger partial charge is 0.0313 e. The van der Waals surface area contributed by atoms with Crippen LogP contribution in [0.4, 0.5) is 5.69 Å². The van der Waals surface area contributed by atoms with Crippen molar-refractivity contribution in [2.24, 2.45) is 0 Å². The Bertz CT molecular complexity index is 136. The van der Waals surface area contributed by atoms with Gasteiger partial charge in [-0.15, -0.1) is 0 Å². The van der Waals surface area contributed by atoms with Crippen LogP contribution in [-0.4, -0.2) is 0 Å². The van der Waals surface area contributed by atoms with E-state index < -0.39 is 0 Å². The number of rotatable bonds is 0. The molecule has 0 spiro atoms. The van der Waals surface area contributed by atoms with Crippen LogP contribution >= 0.6 is 0 Å². The first-order valence-electron chi connectivity index (χ1n) is 2.20. The van der Waals surface area contributed by atoms with Crippen molar-refractivity contribution in [2.45, 2.75) is 0 Å². The van der Waals surface area contributed by atoms with E-state index in [2.05, 4.69) is 0 Å². The van der Waals surface area contributed by atoms with E-state index >= 15 is 0 Å². The van der Waals surface area contributed by atoms with Crippen LogP contribution in [0.25, 0.3) is 0 Å². The lowest BCUT2D eigenvalue weighted by atomic mass is 10.3. The summed E-state index contributed by atoms with van der Waals surface area (Å²) in [5, 5.41) is 0. The van der Waals surface area contributed by atoms with Crippen LogP contribution < -0.4 is 11.9 Å². The summed E-state index contributed by atoms with van der Waals surface area (Å²) < 4.78 is 0. The van der Waals surface area contributed by atoms with E-state index in [0.717, 1.165) is 5.69 Å². The van der Waals surface area contributed by atoms with Gasteiger partial charge in [-0.3, -0.25) is 0 Å². The molecular formula is C6H10N2. The van der Waals surface area contributed by atoms with Crippen molar-refractivity contribution in [3.05, 3.63) is 30.3 Å². The van der Waals surface area contributed by atoms with Crippen molar-refractivity contribution in [3.8, 4) is 0 Å². The average Bonchev–Trinajstić information content (AvgIpc) is 1.69. The third kappa shape index (κ3) is 1.62. The Hall–Kier alpha value is -1.02. The molecule has 1 aromatic rings. The van der Waals surface area contributed by atoms with Gasteiger partial charge in [0.15, 0.2) is 0 Å². The maximum Gasteiger partial charge on any atom is 0.0313 e. The van der Waals surface area contributed by atoms with Crippen molar-refractivity contribution in [1.29, 1.82) is 0 Å². The molecule has 0 radical (unpaired) electrons. The van der Waals surface area contributed by atoms with Gasteiger partial charge < -0.3 is 11.9 Å². The molecule has 44 valence electrons. The highest BCUT2D eigenvalue weighted by molar-refractivity contribution is 5.35. The Balaban J connectivity index is 0.000000490. The van der Waals surface area contributed by atoms with Gasteiger partial charge in [-0.1, -0.05) is 18.2 Å². The van der Waals surface area contributed by atoms with E-state index in [1.54, 1.807) is 0 Å². The van der Waals surface area contributed by atoms with Gasteiger partial charge in [0, 0.05) is 5.69 Å². The lowest BCUT2D eigenvalue weighted by Crippen LogP contribution is -1.79. The first kappa shape index (κ1) is 6.98. The molecule has 2 heteroatoms. The Kier molecular flexibility index (Phi) is 2.66. The maximum atomic E-state index is 5.36. The van der Waals surface area contributed by atoms with E-state index in [-0.39, 0.29) is 6.15 Å². The molecule has 0 aromatic heterocycles. The first-order chi connectivity index (χ1) is 3.39. The highest BCUT2D eigenvalue weighted by atomic mass is 14.5. The molecular weight excluding hydrogens is 100 g/mol. The van der Waals surface area contributed by atoms with Gasteiger partial charge in [0.05, 0.1) is 0 Å². The van der Waals surface area contributed by atoms with E-state index in [9.17, 15) is 0 Å². The second kappa shape index (κ2) is 3.04. The summed E-state index contributed by atoms with van der Waals surface area (Å²) in [4.78, 5) is 0. The van der Waals surface area contributed by atoms with Crippen molar-refractivity contribution in [3.63, 3.8) is 0 Å². The maximum absolute atomic E-state index is 5.36. The van der Waals surface area contributed by atoms with Crippen LogP contribution in [0.2, 0.25) is 0 Å². The standard InChI is InChI=1S/C6H7N.H3N/c7-6-4-2-1-3-5-6;/h1-5H,7H2;1H3. The van der Waals surface area contributed by atoms with Gasteiger partial charge in [-0.05, 0) is 12.1 Å². The summed E-state index contributed by atoms with van der Waals surface area (Å²) in [6.07, 6.45) is 0. The number of para-hydroxylation sites is 1. The van der Waals surface area contributed by atoms with Crippen LogP contribution in [-0.2, 0) is 0 Å². The van der Waals surface area contributed by atoms with Crippen LogP contribution in [0.15, 0.2) is 30.3 Å². The van der Waals surface area contributed by atoms with Crippen molar-refractivity contribution in [2.75, 3.05) is 5.73 Å². The second-order valence-electron chi connectivity index (χ2n) is 1.41. The second-order valence-corrected chi connectivity index (χ2v) is 1.41. The number of hydrogen-bond acceptors (Lipinski definition) is 2. The molecule has 8 heavy (non-hydrogen) atoms. The number of benzene rings is 1. The monoisotopic (exact) mass is 110 g/mol. The minimum Gasteiger partial charge on any atom is -0.399 e. The van der Waals surface area contributed by atoms with Gasteiger partial charge in [0.2, 0.25) is 0 Å². The molecule has 1 rings (SSSR count). The molecule has 0 atom stereocenters. The average molecular weight is 110 g/mol. The van der Waals surface area contributed by atoms with Crippen molar-refractivity contribution in [1.82, 2.24) is 6.15 Å². The molecule has 0 heterocycles. The molecule has 1 aromatic carbocycles. The number of hydrogen-bond donors (Lipinski definition) is 2. The van der Waals surface area contributed by atoms with Gasteiger partial charge in [-0.25, -0.2) is 0 Å². The molecule has 2 nitrogen and oxygen atoms in total. The van der Waals surface area contributed by atoms with Crippen LogP contribution in [0.1, 0.15) is 0 Å². The van der Waals surface area contributed by atoms with Crippen molar-refractivity contribution >= 4 is 5.69 Å². The molecule has 0 aliphatic heterocycles. The van der Waals surface area contributed by atoms with E-state index in [4.69, 9.17) is 5.73 Å². The molecule has 0 aliphatic carbocycles. The molecule has 0 amide bonds. The van der Waals surface area contributed by atoms with Gasteiger partial charge in [-0.2, -0.15) is 0 Å². The molecule has 5 N–H and O–H groups in total. The molecule has 0 bridgehead atoms. The van der Waals surface area contributed by atoms with Crippen molar-refractivity contribution < 1.29 is 0 Å². The summed E-state index contributed by atoms with van der Waals surface area (Å²) in [7, 11) is 0. The number of anilines is 1. The molecule has 0 saturated heterocycles. The fraction of sp³-hybridized carbons (Fsp3) is 0. The minimum atomic E-state index is 0. The van der Waals surface area contributed by atoms with E-state index in [1.807, 2.05) is 30.3 Å². The van der Waals surface area contributed by atoms with Crippen LogP contribution in [0.3, 0.4) is 0 Å². The summed E-state index contributed by atoms with van der Waals surface area (Å²) >= 11 is 0. The number of nitrogen functional groups attached to an aromatic ring is 1. The summed E-state index contributed by atoms with van der Waals surface area (Å²) in [5.41, 5.74) is 6.18. The lowest BCUT2D eigenvalue weighted by Gasteiger charge is -1.83. The van der Waals surface area contributed by atoms with Gasteiger partial charge in [0.25, 0.3) is 0 Å². The van der Waals surface area contributed by atoms with Crippen LogP contribution in [0, 0.1) is 0 Å². The molecule has 0 aliphatic rings. The summed E-state index contributed by atoms with van der Waals surface area (Å²) in [5.74, 6) is 0. The zero-order valence-electron chi connectivity index (χ0n) is 4.67. The van der Waals surface area contributed by atoms with E-state index in [0.29, 0.717) is 0 Å². The zero-order valence-corrected chi connectivity index (χ0v) is 4.67. The first-order valence-corrected chi connectivity index (χ1v) is 2.20. The van der Waals surface area contributed by atoms with E-state index in [1.165, 1.54) is 0 Å². The molecule has 0 saturated carbocycles. The number of nitrogens with two attached hydrogens (primary N) is 1. The highest BCUT2D eigenvalue weighted by Crippen LogP contribution is 1.95. The summed E-state index contributed by atoms with van der Waals surface area (Å²) in [6, 6.07) is 9.49. The lowest BCUT2D eigenvalue weighted by molar-refractivity contribution is 1.69. The fourth-order valence-corrected chi connectivity index (χ4v) is 0.453. The highest BCUT2D eigenvalue weighted by Gasteiger charge is 1.72. The van der Waals surface area contributed by atoms with Crippen LogP contribution in [0.5, 0.6) is 0 Å². The minimum absolute atomic E-state index is 0. The Morgan fingerprint density at radius 2 is 1.50 bits per heavy atom. The Morgan fingerprint density at radius 1 is 1.00 bits per heavy atom. The van der Waals surface area contributed by atoms with Gasteiger partial charge in [0.1, 0.15) is 0 Å². The predicted octanol–water partition coefficient (Wildman–Crippen LogP) is 1.43. The fourth-order valence-electron chi connectivity index (χ4n) is 0.453. The third-order valence-corrected chi connectivity index (χ3v) is 0.800. The Labute approximate surface area is 48.9 Å². The zero-order chi connectivity index (χ0) is 5.11. The predicted molar refractivity (Wildman–Crippen MR) is 35.9 cm³/mol. The third-order valence-electron chi connectivity index (χ3n) is 0.800. The Morgan fingerprint density at radius 3 is 1.75 bits per heavy atom. The van der Waals surface area contributed by atoms with Gasteiger partial charge >= 0.3 is 0 Å². The molecule has 0 unspecified atom stereocenters. The topological polar surface area (TPSA) is 61.0 Å². The normalized spacial score (nSPS) is 7.50. The largest absolute Gasteiger partial charge is 0.399 e. The SMILES string of the molecule is N.Nc1ccccc1.